The summed E-state index contributed by atoms with van der Waals surface area (Å²) in [5, 5.41) is 0. The summed E-state index contributed by atoms with van der Waals surface area (Å²) in [6, 6.07) is 2.64. The zero-order chi connectivity index (χ0) is 14.2. The maximum absolute atomic E-state index is 9.53. The summed E-state index contributed by atoms with van der Waals surface area (Å²) in [5.41, 5.74) is 0. The summed E-state index contributed by atoms with van der Waals surface area (Å²) >= 11 is 0. The van der Waals surface area contributed by atoms with Crippen molar-refractivity contribution in [2.45, 2.75) is 13.3 Å². The first-order valence-electron chi connectivity index (χ1n) is 5.65. The summed E-state index contributed by atoms with van der Waals surface area (Å²) in [4.78, 5) is 9.99. The lowest BCUT2D eigenvalue weighted by Gasteiger charge is -2.05. The van der Waals surface area contributed by atoms with Crippen LogP contribution in [0.4, 0.5) is 0 Å². The van der Waals surface area contributed by atoms with Gasteiger partial charge in [-0.15, -0.1) is 6.58 Å². The molecule has 0 saturated carbocycles. The number of thiol groups is 1. The standard InChI is InChI=1S/C8H17N3.C3H6O3S/c1-4-9-8-10-6-5-7-11(2)3;1-2-3-6-7(4)5/h4-7H2,1-3H3;2,7H,1,3H2. The highest BCUT2D eigenvalue weighted by atomic mass is 32.2. The summed E-state index contributed by atoms with van der Waals surface area (Å²) in [6.07, 6.45) is 2.45. The third-order valence-corrected chi connectivity index (χ3v) is 1.83. The second-order valence-corrected chi connectivity index (χ2v) is 4.13. The molecule has 0 aromatic rings. The Morgan fingerprint density at radius 3 is 2.44 bits per heavy atom. The lowest BCUT2D eigenvalue weighted by molar-refractivity contribution is 0.375. The maximum Gasteiger partial charge on any atom is 0.257 e. The first-order chi connectivity index (χ1) is 8.54. The Morgan fingerprint density at radius 1 is 1.39 bits per heavy atom. The highest BCUT2D eigenvalue weighted by Gasteiger charge is 1.86. The summed E-state index contributed by atoms with van der Waals surface area (Å²) < 4.78 is 23.1. The van der Waals surface area contributed by atoms with Crippen LogP contribution in [0.5, 0.6) is 0 Å². The van der Waals surface area contributed by atoms with Crippen LogP contribution in [-0.2, 0) is 15.2 Å². The molecule has 0 aromatic heterocycles. The number of hydrogen-bond acceptors (Lipinski definition) is 6. The van der Waals surface area contributed by atoms with Crippen LogP contribution < -0.4 is 0 Å². The zero-order valence-electron chi connectivity index (χ0n) is 11.3. The van der Waals surface area contributed by atoms with Crippen molar-refractivity contribution in [3.63, 3.8) is 0 Å². The van der Waals surface area contributed by atoms with Crippen LogP contribution in [0.1, 0.15) is 13.3 Å². The molecule has 0 aliphatic heterocycles. The fourth-order valence-corrected chi connectivity index (χ4v) is 0.977. The molecule has 0 aliphatic carbocycles. The van der Waals surface area contributed by atoms with Gasteiger partial charge >= 0.3 is 0 Å². The van der Waals surface area contributed by atoms with E-state index in [1.54, 1.807) is 0 Å². The van der Waals surface area contributed by atoms with Crippen molar-refractivity contribution >= 4 is 17.0 Å². The SMILES string of the molecule is C=CCO[SH](=O)=O.CCN=C=NCCCN(C)C. The molecule has 0 unspecified atom stereocenters. The van der Waals surface area contributed by atoms with Crippen molar-refractivity contribution in [3.05, 3.63) is 12.7 Å². The van der Waals surface area contributed by atoms with Crippen molar-refractivity contribution in [2.24, 2.45) is 9.98 Å². The molecule has 7 heteroatoms. The molecule has 0 rings (SSSR count). The van der Waals surface area contributed by atoms with E-state index in [0.717, 1.165) is 26.1 Å². The topological polar surface area (TPSA) is 71.3 Å². The Labute approximate surface area is 111 Å². The van der Waals surface area contributed by atoms with Gasteiger partial charge in [-0.2, -0.15) is 0 Å². The molecule has 6 nitrogen and oxygen atoms in total. The highest BCUT2D eigenvalue weighted by molar-refractivity contribution is 7.67. The van der Waals surface area contributed by atoms with Crippen LogP contribution in [0.15, 0.2) is 22.6 Å². The Morgan fingerprint density at radius 2 is 2.06 bits per heavy atom. The Balaban J connectivity index is 0. The molecule has 0 amide bonds. The molecule has 0 saturated heterocycles. The van der Waals surface area contributed by atoms with Gasteiger partial charge in [0.15, 0.2) is 0 Å². The van der Waals surface area contributed by atoms with Gasteiger partial charge in [-0.1, -0.05) is 6.08 Å². The van der Waals surface area contributed by atoms with Gasteiger partial charge in [-0.25, -0.2) is 18.4 Å². The fraction of sp³-hybridized carbons (Fsp3) is 0.727. The van der Waals surface area contributed by atoms with Crippen LogP contribution in [0.25, 0.3) is 0 Å². The molecule has 0 N–H and O–H groups in total. The van der Waals surface area contributed by atoms with Crippen LogP contribution >= 0.6 is 0 Å². The molecule has 106 valence electrons. The minimum absolute atomic E-state index is 0.0682. The van der Waals surface area contributed by atoms with Crippen LogP contribution in [0.3, 0.4) is 0 Å². The third-order valence-electron chi connectivity index (χ3n) is 1.47. The van der Waals surface area contributed by atoms with Gasteiger partial charge in [0.2, 0.25) is 0 Å². The van der Waals surface area contributed by atoms with Crippen molar-refractivity contribution in [3.8, 4) is 0 Å². The van der Waals surface area contributed by atoms with Gasteiger partial charge in [0, 0.05) is 6.54 Å². The molecular weight excluding hydrogens is 254 g/mol. The van der Waals surface area contributed by atoms with Gasteiger partial charge in [-0.3, -0.25) is 4.18 Å². The second-order valence-electron chi connectivity index (χ2n) is 3.42. The number of aliphatic imine (C=N–C) groups is 2. The molecular formula is C11H23N3O3S. The quantitative estimate of drug-likeness (QED) is 0.309. The van der Waals surface area contributed by atoms with E-state index in [1.165, 1.54) is 6.08 Å². The van der Waals surface area contributed by atoms with Gasteiger partial charge in [0.1, 0.15) is 0 Å². The average Bonchev–Trinajstić information content (AvgIpc) is 2.31. The van der Waals surface area contributed by atoms with E-state index in [2.05, 4.69) is 45.8 Å². The predicted octanol–water partition coefficient (Wildman–Crippen LogP) is 0.847. The van der Waals surface area contributed by atoms with E-state index >= 15 is 0 Å². The van der Waals surface area contributed by atoms with E-state index in [4.69, 9.17) is 0 Å². The number of rotatable bonds is 8. The third kappa shape index (κ3) is 24.3. The molecule has 0 heterocycles. The van der Waals surface area contributed by atoms with E-state index in [1.807, 2.05) is 6.92 Å². The lowest BCUT2D eigenvalue weighted by Crippen LogP contribution is -2.13. The van der Waals surface area contributed by atoms with Crippen molar-refractivity contribution < 1.29 is 12.6 Å². The first kappa shape index (κ1) is 19.3. The summed E-state index contributed by atoms with van der Waals surface area (Å²) in [5.74, 6) is 0. The molecule has 0 bridgehead atoms. The highest BCUT2D eigenvalue weighted by Crippen LogP contribution is 1.82. The minimum atomic E-state index is -2.68. The van der Waals surface area contributed by atoms with Crippen LogP contribution in [-0.4, -0.2) is 59.7 Å². The Bertz CT molecular complexity index is 313. The second kappa shape index (κ2) is 16.0. The average molecular weight is 277 g/mol. The molecule has 0 aromatic carbocycles. The number of hydrogen-bond donors (Lipinski definition) is 1. The predicted molar refractivity (Wildman–Crippen MR) is 74.9 cm³/mol. The van der Waals surface area contributed by atoms with E-state index in [9.17, 15) is 8.42 Å². The van der Waals surface area contributed by atoms with Crippen molar-refractivity contribution in [1.29, 1.82) is 0 Å². The van der Waals surface area contributed by atoms with Crippen LogP contribution in [0.2, 0.25) is 0 Å². The van der Waals surface area contributed by atoms with Crippen molar-refractivity contribution in [2.75, 3.05) is 40.3 Å². The van der Waals surface area contributed by atoms with E-state index < -0.39 is 11.0 Å². The molecule has 0 radical (unpaired) electrons. The zero-order valence-corrected chi connectivity index (χ0v) is 12.2. The molecule has 18 heavy (non-hydrogen) atoms. The van der Waals surface area contributed by atoms with E-state index in [-0.39, 0.29) is 6.61 Å². The molecule has 0 fully saturated rings. The summed E-state index contributed by atoms with van der Waals surface area (Å²) in [6.45, 7) is 7.97. The van der Waals surface area contributed by atoms with Crippen molar-refractivity contribution in [1.82, 2.24) is 4.90 Å². The molecule has 0 atom stereocenters. The van der Waals surface area contributed by atoms with Gasteiger partial charge in [0.05, 0.1) is 19.2 Å². The fourth-order valence-electron chi connectivity index (χ4n) is 0.750. The minimum Gasteiger partial charge on any atom is -0.309 e. The van der Waals surface area contributed by atoms with Crippen LogP contribution in [0, 0.1) is 0 Å². The lowest BCUT2D eigenvalue weighted by atomic mass is 10.4. The van der Waals surface area contributed by atoms with Gasteiger partial charge in [-0.05, 0) is 34.0 Å². The Kier molecular flexibility index (Phi) is 17.2. The maximum atomic E-state index is 9.53. The number of nitrogens with zero attached hydrogens (tertiary/aromatic N) is 3. The Hall–Kier alpha value is -1.01. The normalized spacial score (nSPS) is 9.39. The smallest absolute Gasteiger partial charge is 0.257 e. The molecule has 0 aliphatic rings. The largest absolute Gasteiger partial charge is 0.309 e. The summed E-state index contributed by atoms with van der Waals surface area (Å²) in [7, 11) is 1.44. The first-order valence-corrected chi connectivity index (χ1v) is 6.75. The van der Waals surface area contributed by atoms with Gasteiger partial charge in [0.25, 0.3) is 11.0 Å². The molecule has 0 spiro atoms. The van der Waals surface area contributed by atoms with Gasteiger partial charge < -0.3 is 4.90 Å². The monoisotopic (exact) mass is 277 g/mol. The van der Waals surface area contributed by atoms with E-state index in [0.29, 0.717) is 0 Å².